The number of fused-ring (bicyclic) bond motifs is 1. The number of rotatable bonds is 4. The van der Waals surface area contributed by atoms with Gasteiger partial charge in [-0.05, 0) is 54.9 Å². The highest BCUT2D eigenvalue weighted by Gasteiger charge is 2.38. The molecule has 130 valence electrons. The predicted molar refractivity (Wildman–Crippen MR) is 94.3 cm³/mol. The van der Waals surface area contributed by atoms with Crippen molar-refractivity contribution >= 4 is 5.91 Å². The lowest BCUT2D eigenvalue weighted by atomic mass is 9.90. The fraction of sp³-hybridized carbons (Fsp3) is 0.650. The average Bonchev–Trinajstić information content (AvgIpc) is 3.23. The zero-order valence-electron chi connectivity index (χ0n) is 14.4. The molecule has 1 N–H and O–H groups in total. The Morgan fingerprint density at radius 1 is 1.04 bits per heavy atom. The summed E-state index contributed by atoms with van der Waals surface area (Å²) >= 11 is 0. The van der Waals surface area contributed by atoms with Crippen LogP contribution in [0.3, 0.4) is 0 Å². The van der Waals surface area contributed by atoms with Crippen LogP contribution in [0, 0.1) is 17.8 Å². The first-order chi connectivity index (χ1) is 11.8. The summed E-state index contributed by atoms with van der Waals surface area (Å²) in [5.41, 5.74) is 0.785. The summed E-state index contributed by atoms with van der Waals surface area (Å²) in [4.78, 5) is 14.7. The SMILES string of the molecule is O=C(c1ccc(OCC2CCCCC2)cc1)N1C[C@H]2CNC[C@H]2C1. The van der Waals surface area contributed by atoms with Gasteiger partial charge in [0.2, 0.25) is 0 Å². The van der Waals surface area contributed by atoms with Crippen LogP contribution in [0.15, 0.2) is 24.3 Å². The van der Waals surface area contributed by atoms with E-state index in [0.717, 1.165) is 44.1 Å². The van der Waals surface area contributed by atoms with Crippen LogP contribution in [0.5, 0.6) is 5.75 Å². The Labute approximate surface area is 144 Å². The number of nitrogens with zero attached hydrogens (tertiary/aromatic N) is 1. The molecule has 1 aromatic carbocycles. The molecule has 0 aromatic heterocycles. The van der Waals surface area contributed by atoms with Crippen molar-refractivity contribution in [2.75, 3.05) is 32.8 Å². The number of ether oxygens (including phenoxy) is 1. The largest absolute Gasteiger partial charge is 0.493 e. The van der Waals surface area contributed by atoms with E-state index >= 15 is 0 Å². The Kier molecular flexibility index (Phi) is 4.74. The van der Waals surface area contributed by atoms with Gasteiger partial charge in [-0.25, -0.2) is 0 Å². The van der Waals surface area contributed by atoms with E-state index < -0.39 is 0 Å². The molecule has 1 aliphatic carbocycles. The zero-order chi connectivity index (χ0) is 16.4. The van der Waals surface area contributed by atoms with Gasteiger partial charge in [0, 0.05) is 31.7 Å². The minimum Gasteiger partial charge on any atom is -0.493 e. The lowest BCUT2D eigenvalue weighted by Gasteiger charge is -2.21. The minimum absolute atomic E-state index is 0.170. The quantitative estimate of drug-likeness (QED) is 0.924. The van der Waals surface area contributed by atoms with Crippen molar-refractivity contribution in [2.45, 2.75) is 32.1 Å². The Balaban J connectivity index is 1.31. The van der Waals surface area contributed by atoms with Gasteiger partial charge in [0.1, 0.15) is 5.75 Å². The van der Waals surface area contributed by atoms with Crippen LogP contribution in [0.4, 0.5) is 0 Å². The molecule has 0 radical (unpaired) electrons. The summed E-state index contributed by atoms with van der Waals surface area (Å²) < 4.78 is 5.93. The van der Waals surface area contributed by atoms with Crippen LogP contribution in [-0.2, 0) is 0 Å². The maximum Gasteiger partial charge on any atom is 0.253 e. The number of benzene rings is 1. The van der Waals surface area contributed by atoms with E-state index in [1.54, 1.807) is 0 Å². The Morgan fingerprint density at radius 2 is 1.71 bits per heavy atom. The molecule has 0 unspecified atom stereocenters. The maximum absolute atomic E-state index is 12.7. The second kappa shape index (κ2) is 7.14. The molecule has 2 aliphatic heterocycles. The van der Waals surface area contributed by atoms with Crippen molar-refractivity contribution in [3.05, 3.63) is 29.8 Å². The Hall–Kier alpha value is -1.55. The van der Waals surface area contributed by atoms with Gasteiger partial charge in [-0.2, -0.15) is 0 Å². The van der Waals surface area contributed by atoms with Gasteiger partial charge < -0.3 is 15.0 Å². The van der Waals surface area contributed by atoms with Crippen LogP contribution in [-0.4, -0.2) is 43.6 Å². The molecular formula is C20H28N2O2. The van der Waals surface area contributed by atoms with Gasteiger partial charge in [0.25, 0.3) is 5.91 Å². The molecule has 2 saturated heterocycles. The second-order valence-corrected chi connectivity index (χ2v) is 7.73. The molecule has 3 aliphatic rings. The van der Waals surface area contributed by atoms with E-state index in [-0.39, 0.29) is 5.91 Å². The molecule has 4 nitrogen and oxygen atoms in total. The predicted octanol–water partition coefficient (Wildman–Crippen LogP) is 2.94. The molecule has 24 heavy (non-hydrogen) atoms. The highest BCUT2D eigenvalue weighted by Crippen LogP contribution is 2.28. The molecule has 1 saturated carbocycles. The molecule has 2 heterocycles. The molecule has 0 bridgehead atoms. The molecule has 4 rings (SSSR count). The number of amides is 1. The molecule has 0 spiro atoms. The summed E-state index contributed by atoms with van der Waals surface area (Å²) in [6.07, 6.45) is 6.65. The topological polar surface area (TPSA) is 41.6 Å². The van der Waals surface area contributed by atoms with Crippen LogP contribution >= 0.6 is 0 Å². The van der Waals surface area contributed by atoms with Crippen LogP contribution < -0.4 is 10.1 Å². The van der Waals surface area contributed by atoms with E-state index in [2.05, 4.69) is 5.32 Å². The van der Waals surface area contributed by atoms with Crippen molar-refractivity contribution < 1.29 is 9.53 Å². The van der Waals surface area contributed by atoms with Gasteiger partial charge >= 0.3 is 0 Å². The Morgan fingerprint density at radius 3 is 2.38 bits per heavy atom. The first-order valence-corrected chi connectivity index (χ1v) is 9.52. The highest BCUT2D eigenvalue weighted by atomic mass is 16.5. The summed E-state index contributed by atoms with van der Waals surface area (Å²) in [5.74, 6) is 3.06. The number of carbonyl (C=O) groups excluding carboxylic acids is 1. The third kappa shape index (κ3) is 3.44. The van der Waals surface area contributed by atoms with Gasteiger partial charge in [0.15, 0.2) is 0 Å². The molecule has 4 heteroatoms. The smallest absolute Gasteiger partial charge is 0.253 e. The number of carbonyl (C=O) groups is 1. The van der Waals surface area contributed by atoms with Crippen molar-refractivity contribution in [2.24, 2.45) is 17.8 Å². The maximum atomic E-state index is 12.7. The Bertz CT molecular complexity index is 554. The van der Waals surface area contributed by atoms with Crippen LogP contribution in [0.1, 0.15) is 42.5 Å². The van der Waals surface area contributed by atoms with E-state index in [1.807, 2.05) is 29.2 Å². The fourth-order valence-corrected chi connectivity index (χ4v) is 4.47. The summed E-state index contributed by atoms with van der Waals surface area (Å²) in [7, 11) is 0. The van der Waals surface area contributed by atoms with Gasteiger partial charge in [-0.3, -0.25) is 4.79 Å². The number of hydrogen-bond acceptors (Lipinski definition) is 3. The van der Waals surface area contributed by atoms with E-state index in [0.29, 0.717) is 17.8 Å². The number of hydrogen-bond donors (Lipinski definition) is 1. The molecule has 1 aromatic rings. The van der Waals surface area contributed by atoms with E-state index in [4.69, 9.17) is 4.74 Å². The van der Waals surface area contributed by atoms with Crippen LogP contribution in [0.2, 0.25) is 0 Å². The fourth-order valence-electron chi connectivity index (χ4n) is 4.47. The number of likely N-dealkylation sites (tertiary alicyclic amines) is 1. The van der Waals surface area contributed by atoms with E-state index in [9.17, 15) is 4.79 Å². The zero-order valence-corrected chi connectivity index (χ0v) is 14.4. The second-order valence-electron chi connectivity index (χ2n) is 7.73. The minimum atomic E-state index is 0.170. The summed E-state index contributed by atoms with van der Waals surface area (Å²) in [6, 6.07) is 7.75. The van der Waals surface area contributed by atoms with E-state index in [1.165, 1.54) is 32.1 Å². The van der Waals surface area contributed by atoms with Gasteiger partial charge in [-0.15, -0.1) is 0 Å². The third-order valence-corrected chi connectivity index (χ3v) is 5.99. The average molecular weight is 328 g/mol. The van der Waals surface area contributed by atoms with Crippen molar-refractivity contribution in [3.63, 3.8) is 0 Å². The van der Waals surface area contributed by atoms with Crippen molar-refractivity contribution in [1.82, 2.24) is 10.2 Å². The summed E-state index contributed by atoms with van der Waals surface area (Å²) in [6.45, 7) is 4.73. The first-order valence-electron chi connectivity index (χ1n) is 9.52. The molecule has 2 atom stereocenters. The van der Waals surface area contributed by atoms with Crippen molar-refractivity contribution in [3.8, 4) is 5.75 Å². The van der Waals surface area contributed by atoms with Crippen LogP contribution in [0.25, 0.3) is 0 Å². The monoisotopic (exact) mass is 328 g/mol. The first kappa shape index (κ1) is 15.9. The lowest BCUT2D eigenvalue weighted by Crippen LogP contribution is -2.31. The normalized spacial score (nSPS) is 27.2. The molecule has 3 fully saturated rings. The third-order valence-electron chi connectivity index (χ3n) is 5.99. The standard InChI is InChI=1S/C20H28N2O2/c23-20(22-12-17-10-21-11-18(17)13-22)16-6-8-19(9-7-16)24-14-15-4-2-1-3-5-15/h6-9,15,17-18,21H,1-5,10-14H2/t17-,18+. The lowest BCUT2D eigenvalue weighted by molar-refractivity contribution is 0.0781. The molecule has 1 amide bonds. The summed E-state index contributed by atoms with van der Waals surface area (Å²) in [5, 5.41) is 3.42. The highest BCUT2D eigenvalue weighted by molar-refractivity contribution is 5.94. The van der Waals surface area contributed by atoms with Crippen molar-refractivity contribution in [1.29, 1.82) is 0 Å². The van der Waals surface area contributed by atoms with Gasteiger partial charge in [0.05, 0.1) is 6.61 Å². The molecular weight excluding hydrogens is 300 g/mol. The van der Waals surface area contributed by atoms with Gasteiger partial charge in [-0.1, -0.05) is 19.3 Å². The number of nitrogens with one attached hydrogen (secondary N) is 1.